The van der Waals surface area contributed by atoms with Crippen molar-refractivity contribution in [3.63, 3.8) is 0 Å². The van der Waals surface area contributed by atoms with Crippen LogP contribution in [-0.4, -0.2) is 33.8 Å². The first-order valence-electron chi connectivity index (χ1n) is 10.4. The van der Waals surface area contributed by atoms with E-state index in [-0.39, 0.29) is 52.1 Å². The van der Waals surface area contributed by atoms with E-state index >= 15 is 0 Å². The molecule has 0 radical (unpaired) electrons. The number of thiazole rings is 1. The molecule has 0 fully saturated rings. The minimum absolute atomic E-state index is 0.0259. The molecule has 1 N–H and O–H groups in total. The maximum absolute atomic E-state index is 13.7. The van der Waals surface area contributed by atoms with E-state index in [1.54, 1.807) is 20.8 Å². The van der Waals surface area contributed by atoms with E-state index in [2.05, 4.69) is 10.3 Å². The molecule has 0 atom stereocenters. The minimum Gasteiger partial charge on any atom is -0.466 e. The van der Waals surface area contributed by atoms with Crippen LogP contribution in [0.3, 0.4) is 0 Å². The molecule has 0 spiro atoms. The van der Waals surface area contributed by atoms with E-state index in [9.17, 15) is 23.2 Å². The van der Waals surface area contributed by atoms with Crippen LogP contribution in [0.1, 0.15) is 52.9 Å². The number of halogens is 3. The molecule has 11 heteroatoms. The van der Waals surface area contributed by atoms with Crippen LogP contribution in [0.5, 0.6) is 0 Å². The molecule has 7 nitrogen and oxygen atoms in total. The highest BCUT2D eigenvalue weighted by molar-refractivity contribution is 7.19. The molecule has 180 valence electrons. The summed E-state index contributed by atoms with van der Waals surface area (Å²) in [5.41, 5.74) is 1.10. The van der Waals surface area contributed by atoms with Gasteiger partial charge in [-0.1, -0.05) is 42.9 Å². The molecule has 3 rings (SSSR count). The number of benzene rings is 1. The molecule has 0 aliphatic rings. The van der Waals surface area contributed by atoms with Crippen molar-refractivity contribution >= 4 is 45.7 Å². The van der Waals surface area contributed by atoms with E-state index in [0.29, 0.717) is 11.1 Å². The number of ketones is 1. The summed E-state index contributed by atoms with van der Waals surface area (Å²) in [4.78, 5) is 41.5. The predicted molar refractivity (Wildman–Crippen MR) is 124 cm³/mol. The Morgan fingerprint density at radius 1 is 1.21 bits per heavy atom. The minimum atomic E-state index is -1.01. The van der Waals surface area contributed by atoms with Crippen LogP contribution >= 0.6 is 22.9 Å². The van der Waals surface area contributed by atoms with Crippen LogP contribution in [0, 0.1) is 17.6 Å². The number of carbonyl (C=O) groups is 3. The second kappa shape index (κ2) is 10.9. The fourth-order valence-electron chi connectivity index (χ4n) is 3.14. The van der Waals surface area contributed by atoms with Crippen LogP contribution in [0.4, 0.5) is 13.9 Å². The molecule has 2 heterocycles. The lowest BCUT2D eigenvalue weighted by atomic mass is 10.0. The van der Waals surface area contributed by atoms with Gasteiger partial charge in [0.1, 0.15) is 10.0 Å². The maximum Gasteiger partial charge on any atom is 0.311 e. The fourth-order valence-corrected chi connectivity index (χ4v) is 4.17. The average Bonchev–Trinajstić information content (AvgIpc) is 3.33. The Morgan fingerprint density at radius 3 is 2.59 bits per heavy atom. The Morgan fingerprint density at radius 2 is 1.94 bits per heavy atom. The summed E-state index contributed by atoms with van der Waals surface area (Å²) in [6.45, 7) is 5.39. The van der Waals surface area contributed by atoms with Gasteiger partial charge in [-0.05, 0) is 30.7 Å². The van der Waals surface area contributed by atoms with Gasteiger partial charge in [-0.15, -0.1) is 0 Å². The highest BCUT2D eigenvalue weighted by atomic mass is 35.5. The molecule has 0 saturated carbocycles. The Kier molecular flexibility index (Phi) is 8.16. The van der Waals surface area contributed by atoms with Gasteiger partial charge in [0.05, 0.1) is 18.7 Å². The summed E-state index contributed by atoms with van der Waals surface area (Å²) < 4.78 is 33.6. The van der Waals surface area contributed by atoms with Crippen molar-refractivity contribution in [3.05, 3.63) is 68.9 Å². The first-order valence-corrected chi connectivity index (χ1v) is 11.6. The summed E-state index contributed by atoms with van der Waals surface area (Å²) in [6, 6.07) is 4.86. The van der Waals surface area contributed by atoms with Crippen molar-refractivity contribution < 1.29 is 27.9 Å². The van der Waals surface area contributed by atoms with Crippen molar-refractivity contribution in [2.45, 2.75) is 33.7 Å². The Balaban J connectivity index is 1.88. The normalized spacial score (nSPS) is 11.0. The summed E-state index contributed by atoms with van der Waals surface area (Å²) >= 11 is 7.12. The van der Waals surface area contributed by atoms with Gasteiger partial charge in [-0.2, -0.15) is 0 Å². The monoisotopic (exact) mass is 509 g/mol. The predicted octanol–water partition coefficient (Wildman–Crippen LogP) is 5.12. The quantitative estimate of drug-likeness (QED) is 0.319. The summed E-state index contributed by atoms with van der Waals surface area (Å²) in [7, 11) is 0. The summed E-state index contributed by atoms with van der Waals surface area (Å²) in [5.74, 6) is -3.56. The van der Waals surface area contributed by atoms with Crippen LogP contribution < -0.4 is 5.32 Å². The third kappa shape index (κ3) is 6.06. The van der Waals surface area contributed by atoms with E-state index in [4.69, 9.17) is 16.3 Å². The number of carbonyl (C=O) groups excluding carboxylic acids is 3. The largest absolute Gasteiger partial charge is 0.466 e. The molecule has 0 unspecified atom stereocenters. The number of ether oxygens (including phenoxy) is 1. The second-order valence-corrected chi connectivity index (χ2v) is 9.29. The second-order valence-electron chi connectivity index (χ2n) is 7.68. The Bertz CT molecular complexity index is 1240. The lowest BCUT2D eigenvalue weighted by Crippen LogP contribution is -2.17. The number of Topliss-reactive ketones (excluding diaryl/α,β-unsaturated/α-hetero) is 1. The topological polar surface area (TPSA) is 90.3 Å². The van der Waals surface area contributed by atoms with Gasteiger partial charge in [0.25, 0.3) is 5.91 Å². The lowest BCUT2D eigenvalue weighted by Gasteiger charge is -2.09. The van der Waals surface area contributed by atoms with Gasteiger partial charge in [-0.25, -0.2) is 13.8 Å². The molecule has 34 heavy (non-hydrogen) atoms. The number of nitrogens with zero attached hydrogens (tertiary/aromatic N) is 2. The van der Waals surface area contributed by atoms with E-state index < -0.39 is 23.5 Å². The Hall–Kier alpha value is -3.11. The maximum atomic E-state index is 13.7. The van der Waals surface area contributed by atoms with Crippen molar-refractivity contribution in [1.29, 1.82) is 0 Å². The first kappa shape index (κ1) is 25.5. The molecule has 1 aromatic carbocycles. The molecule has 3 aromatic rings. The number of anilines is 1. The van der Waals surface area contributed by atoms with Crippen LogP contribution in [0.15, 0.2) is 30.5 Å². The van der Waals surface area contributed by atoms with E-state index in [1.807, 2.05) is 0 Å². The zero-order valence-electron chi connectivity index (χ0n) is 18.7. The number of amides is 1. The molecule has 1 amide bonds. The van der Waals surface area contributed by atoms with Gasteiger partial charge in [0.15, 0.2) is 22.5 Å². The average molecular weight is 510 g/mol. The number of hydrogen-bond donors (Lipinski definition) is 1. The van der Waals surface area contributed by atoms with E-state index in [0.717, 1.165) is 23.5 Å². The zero-order chi connectivity index (χ0) is 25.0. The van der Waals surface area contributed by atoms with Crippen molar-refractivity contribution in [1.82, 2.24) is 9.55 Å². The Labute approximate surface area is 203 Å². The van der Waals surface area contributed by atoms with Gasteiger partial charge in [-0.3, -0.25) is 19.7 Å². The smallest absolute Gasteiger partial charge is 0.311 e. The highest BCUT2D eigenvalue weighted by Gasteiger charge is 2.22. The SMILES string of the molecule is CCOC(=O)Cc1nc(NC(=O)c2cc(C(=O)C(C)C)cn2Cc2ccc(F)c(F)c2)sc1Cl. The van der Waals surface area contributed by atoms with Crippen molar-refractivity contribution in [2.24, 2.45) is 5.92 Å². The zero-order valence-corrected chi connectivity index (χ0v) is 20.2. The number of esters is 1. The van der Waals surface area contributed by atoms with Crippen LogP contribution in [-0.2, 0) is 22.5 Å². The van der Waals surface area contributed by atoms with Crippen molar-refractivity contribution in [3.8, 4) is 0 Å². The van der Waals surface area contributed by atoms with Crippen molar-refractivity contribution in [2.75, 3.05) is 11.9 Å². The first-order chi connectivity index (χ1) is 16.1. The lowest BCUT2D eigenvalue weighted by molar-refractivity contribution is -0.142. The van der Waals surface area contributed by atoms with Gasteiger partial charge in [0.2, 0.25) is 0 Å². The van der Waals surface area contributed by atoms with Gasteiger partial charge < -0.3 is 9.30 Å². The standard InChI is InChI=1S/C23H22ClF2N3O4S/c1-4-33-19(30)9-17-21(24)34-23(27-17)28-22(32)18-8-14(20(31)12(2)3)11-29(18)10-13-5-6-15(25)16(26)7-13/h5-8,11-12H,4,9-10H2,1-3H3,(H,27,28,32). The third-order valence-electron chi connectivity index (χ3n) is 4.76. The molecule has 2 aromatic heterocycles. The van der Waals surface area contributed by atoms with E-state index in [1.165, 1.54) is 22.9 Å². The number of hydrogen-bond acceptors (Lipinski definition) is 6. The van der Waals surface area contributed by atoms with Crippen LogP contribution in [0.2, 0.25) is 4.34 Å². The molecule has 0 bridgehead atoms. The van der Waals surface area contributed by atoms with Gasteiger partial charge in [0, 0.05) is 24.2 Å². The molecule has 0 saturated heterocycles. The number of rotatable bonds is 9. The fraction of sp³-hybridized carbons (Fsp3) is 0.304. The number of aromatic nitrogens is 2. The molecular weight excluding hydrogens is 488 g/mol. The summed E-state index contributed by atoms with van der Waals surface area (Å²) in [5, 5.41) is 2.78. The highest BCUT2D eigenvalue weighted by Crippen LogP contribution is 2.29. The van der Waals surface area contributed by atoms with Crippen LogP contribution in [0.25, 0.3) is 0 Å². The molecule has 0 aliphatic carbocycles. The molecule has 0 aliphatic heterocycles. The summed E-state index contributed by atoms with van der Waals surface area (Å²) in [6.07, 6.45) is 1.36. The third-order valence-corrected chi connectivity index (χ3v) is 6.01. The number of nitrogens with one attached hydrogen (secondary N) is 1. The van der Waals surface area contributed by atoms with Gasteiger partial charge >= 0.3 is 5.97 Å². The molecular formula is C23H22ClF2N3O4S.